The van der Waals surface area contributed by atoms with Gasteiger partial charge in [0, 0.05) is 0 Å². The van der Waals surface area contributed by atoms with Crippen LogP contribution in [0.5, 0.6) is 0 Å². The standard InChI is InChI=1S/C20H21FN4O4/c21-15-7-1-2-8-16(15)23-17(26)12-24-18-14(6-3-9-22-18)19(27)25(20(24)28)11-13-5-4-10-29-13/h1-2,4-5,7-8,10,14,18,22H,3,6,9,11-12H2,(H,23,26). The summed E-state index contributed by atoms with van der Waals surface area (Å²) in [5, 5.41) is 5.66. The molecule has 2 aliphatic heterocycles. The average molecular weight is 400 g/mol. The van der Waals surface area contributed by atoms with E-state index in [1.807, 2.05) is 0 Å². The van der Waals surface area contributed by atoms with Crippen LogP contribution in [0.15, 0.2) is 47.1 Å². The fourth-order valence-corrected chi connectivity index (χ4v) is 3.80. The number of benzene rings is 1. The number of imide groups is 1. The number of hydrogen-bond acceptors (Lipinski definition) is 5. The molecule has 0 bridgehead atoms. The molecule has 4 rings (SSSR count). The highest BCUT2D eigenvalue weighted by Gasteiger charge is 2.47. The van der Waals surface area contributed by atoms with Crippen LogP contribution < -0.4 is 10.6 Å². The van der Waals surface area contributed by atoms with Crippen LogP contribution in [-0.4, -0.2) is 46.9 Å². The van der Waals surface area contributed by atoms with Crippen molar-refractivity contribution in [1.82, 2.24) is 15.1 Å². The number of carbonyl (C=O) groups excluding carboxylic acids is 3. The highest BCUT2D eigenvalue weighted by molar-refractivity contribution is 6.01. The van der Waals surface area contributed by atoms with Crippen LogP contribution in [-0.2, 0) is 16.1 Å². The molecule has 2 saturated heterocycles. The monoisotopic (exact) mass is 400 g/mol. The van der Waals surface area contributed by atoms with Gasteiger partial charge in [0.25, 0.3) is 0 Å². The molecule has 0 saturated carbocycles. The van der Waals surface area contributed by atoms with E-state index in [1.54, 1.807) is 18.2 Å². The zero-order valence-corrected chi connectivity index (χ0v) is 15.6. The van der Waals surface area contributed by atoms with E-state index in [0.29, 0.717) is 18.7 Å². The number of nitrogens with zero attached hydrogens (tertiary/aromatic N) is 2. The van der Waals surface area contributed by atoms with Crippen molar-refractivity contribution >= 4 is 23.5 Å². The highest BCUT2D eigenvalue weighted by Crippen LogP contribution is 2.29. The first-order valence-corrected chi connectivity index (χ1v) is 9.46. The predicted octanol–water partition coefficient (Wildman–Crippen LogP) is 2.15. The molecule has 0 aliphatic carbocycles. The van der Waals surface area contributed by atoms with E-state index in [0.717, 1.165) is 11.3 Å². The van der Waals surface area contributed by atoms with Crippen LogP contribution in [0, 0.1) is 11.7 Å². The molecule has 4 amide bonds. The minimum absolute atomic E-state index is 0.000675. The number of rotatable bonds is 5. The van der Waals surface area contributed by atoms with Crippen LogP contribution in [0.4, 0.5) is 14.9 Å². The number of nitrogens with one attached hydrogen (secondary N) is 2. The van der Waals surface area contributed by atoms with Crippen molar-refractivity contribution in [2.75, 3.05) is 18.4 Å². The lowest BCUT2D eigenvalue weighted by atomic mass is 9.91. The molecule has 2 atom stereocenters. The summed E-state index contributed by atoms with van der Waals surface area (Å²) in [5.41, 5.74) is 0.0404. The lowest BCUT2D eigenvalue weighted by Gasteiger charge is -2.46. The van der Waals surface area contributed by atoms with Crippen LogP contribution >= 0.6 is 0 Å². The van der Waals surface area contributed by atoms with Gasteiger partial charge in [0.15, 0.2) is 0 Å². The Morgan fingerprint density at radius 2 is 2.07 bits per heavy atom. The number of fused-ring (bicyclic) bond motifs is 1. The molecular weight excluding hydrogens is 379 g/mol. The Kier molecular flexibility index (Phi) is 5.30. The number of para-hydroxylation sites is 1. The van der Waals surface area contributed by atoms with E-state index >= 15 is 0 Å². The Balaban J connectivity index is 1.54. The number of anilines is 1. The third kappa shape index (κ3) is 3.86. The Bertz CT molecular complexity index is 917. The molecule has 29 heavy (non-hydrogen) atoms. The van der Waals surface area contributed by atoms with Crippen molar-refractivity contribution in [2.24, 2.45) is 5.92 Å². The Morgan fingerprint density at radius 1 is 1.24 bits per heavy atom. The Hall–Kier alpha value is -3.20. The maximum Gasteiger partial charge on any atom is 0.328 e. The van der Waals surface area contributed by atoms with Gasteiger partial charge in [-0.05, 0) is 43.7 Å². The summed E-state index contributed by atoms with van der Waals surface area (Å²) in [6.07, 6.45) is 2.32. The minimum atomic E-state index is -0.578. The molecule has 2 aliphatic rings. The smallest absolute Gasteiger partial charge is 0.328 e. The molecule has 1 aromatic carbocycles. The number of hydrogen-bond donors (Lipinski definition) is 2. The van der Waals surface area contributed by atoms with Crippen molar-refractivity contribution in [2.45, 2.75) is 25.6 Å². The van der Waals surface area contributed by atoms with E-state index in [9.17, 15) is 18.8 Å². The fraction of sp³-hybridized carbons (Fsp3) is 0.350. The van der Waals surface area contributed by atoms with E-state index in [-0.39, 0.29) is 24.7 Å². The molecule has 2 N–H and O–H groups in total. The van der Waals surface area contributed by atoms with Crippen molar-refractivity contribution in [1.29, 1.82) is 0 Å². The lowest BCUT2D eigenvalue weighted by molar-refractivity contribution is -0.143. The molecule has 3 heterocycles. The summed E-state index contributed by atoms with van der Waals surface area (Å²) in [5.74, 6) is -1.35. The summed E-state index contributed by atoms with van der Waals surface area (Å²) < 4.78 is 19.1. The van der Waals surface area contributed by atoms with E-state index in [4.69, 9.17) is 4.42 Å². The number of furan rings is 1. The van der Waals surface area contributed by atoms with Gasteiger partial charge in [0.05, 0.1) is 30.6 Å². The van der Waals surface area contributed by atoms with E-state index < -0.39 is 29.8 Å². The Morgan fingerprint density at radius 3 is 2.83 bits per heavy atom. The van der Waals surface area contributed by atoms with Crippen molar-refractivity contribution in [3.05, 3.63) is 54.2 Å². The number of amides is 4. The maximum absolute atomic E-state index is 13.8. The van der Waals surface area contributed by atoms with Crippen LogP contribution in [0.3, 0.4) is 0 Å². The maximum atomic E-state index is 13.8. The minimum Gasteiger partial charge on any atom is -0.467 e. The summed E-state index contributed by atoms with van der Waals surface area (Å²) in [6, 6.07) is 8.59. The van der Waals surface area contributed by atoms with Gasteiger partial charge in [-0.1, -0.05) is 12.1 Å². The van der Waals surface area contributed by atoms with Crippen LogP contribution in [0.25, 0.3) is 0 Å². The van der Waals surface area contributed by atoms with Gasteiger partial charge in [-0.25, -0.2) is 9.18 Å². The molecule has 0 radical (unpaired) electrons. The van der Waals surface area contributed by atoms with Crippen LogP contribution in [0.1, 0.15) is 18.6 Å². The van der Waals surface area contributed by atoms with Crippen LogP contribution in [0.2, 0.25) is 0 Å². The molecule has 0 spiro atoms. The number of carbonyl (C=O) groups is 3. The average Bonchev–Trinajstić information content (AvgIpc) is 3.23. The Labute approximate surface area is 166 Å². The number of piperidine rings is 1. The molecule has 2 unspecified atom stereocenters. The van der Waals surface area contributed by atoms with E-state index in [1.165, 1.54) is 29.4 Å². The zero-order valence-electron chi connectivity index (χ0n) is 15.6. The topological polar surface area (TPSA) is 94.9 Å². The molecule has 8 nitrogen and oxygen atoms in total. The molecule has 152 valence electrons. The third-order valence-corrected chi connectivity index (χ3v) is 5.18. The highest BCUT2D eigenvalue weighted by atomic mass is 19.1. The van der Waals surface area contributed by atoms with Crippen molar-refractivity contribution in [3.8, 4) is 0 Å². The third-order valence-electron chi connectivity index (χ3n) is 5.18. The van der Waals surface area contributed by atoms with Gasteiger partial charge in [0.1, 0.15) is 18.1 Å². The second-order valence-corrected chi connectivity index (χ2v) is 7.09. The molecule has 2 fully saturated rings. The fourth-order valence-electron chi connectivity index (χ4n) is 3.80. The molecule has 2 aromatic rings. The van der Waals surface area contributed by atoms with E-state index in [2.05, 4.69) is 10.6 Å². The van der Waals surface area contributed by atoms with Crippen molar-refractivity contribution < 1.29 is 23.2 Å². The second-order valence-electron chi connectivity index (χ2n) is 7.09. The summed E-state index contributed by atoms with van der Waals surface area (Å²) in [7, 11) is 0. The first-order valence-electron chi connectivity index (χ1n) is 9.46. The number of halogens is 1. The molecule has 1 aromatic heterocycles. The van der Waals surface area contributed by atoms with Gasteiger partial charge in [-0.2, -0.15) is 0 Å². The summed E-state index contributed by atoms with van der Waals surface area (Å²) >= 11 is 0. The summed E-state index contributed by atoms with van der Waals surface area (Å²) in [4.78, 5) is 41.0. The largest absolute Gasteiger partial charge is 0.467 e. The second kappa shape index (κ2) is 8.04. The summed E-state index contributed by atoms with van der Waals surface area (Å²) in [6.45, 7) is 0.341. The van der Waals surface area contributed by atoms with Gasteiger partial charge in [-0.3, -0.25) is 24.7 Å². The lowest BCUT2D eigenvalue weighted by Crippen LogP contribution is -2.68. The SMILES string of the molecule is O=C(CN1C(=O)N(Cc2ccco2)C(=O)C2CCCNC21)Nc1ccccc1F. The normalized spacial score (nSPS) is 21.8. The predicted molar refractivity (Wildman–Crippen MR) is 101 cm³/mol. The molecular formula is C20H21FN4O4. The first-order chi connectivity index (χ1) is 14.0. The zero-order chi connectivity index (χ0) is 20.4. The van der Waals surface area contributed by atoms with Crippen molar-refractivity contribution in [3.63, 3.8) is 0 Å². The van der Waals surface area contributed by atoms with Gasteiger partial charge < -0.3 is 9.73 Å². The van der Waals surface area contributed by atoms with Gasteiger partial charge in [-0.15, -0.1) is 0 Å². The quantitative estimate of drug-likeness (QED) is 0.802. The first kappa shape index (κ1) is 19.1. The number of urea groups is 1. The van der Waals surface area contributed by atoms with Gasteiger partial charge in [0.2, 0.25) is 11.8 Å². The molecule has 9 heteroatoms. The van der Waals surface area contributed by atoms with Gasteiger partial charge >= 0.3 is 6.03 Å².